The van der Waals surface area contributed by atoms with Gasteiger partial charge >= 0.3 is 12.0 Å². The molecule has 7 heteroatoms. The maximum absolute atomic E-state index is 12.2. The van der Waals surface area contributed by atoms with Crippen molar-refractivity contribution in [2.45, 2.75) is 39.2 Å². The Morgan fingerprint density at radius 1 is 1.25 bits per heavy atom. The average Bonchev–Trinajstić information content (AvgIpc) is 2.87. The molecule has 128 valence electrons. The van der Waals surface area contributed by atoms with Crippen molar-refractivity contribution in [1.82, 2.24) is 15.1 Å². The van der Waals surface area contributed by atoms with Crippen molar-refractivity contribution in [2.24, 2.45) is 0 Å². The molecule has 0 unspecified atom stereocenters. The van der Waals surface area contributed by atoms with Crippen molar-refractivity contribution >= 4 is 17.7 Å². The predicted molar refractivity (Wildman–Crippen MR) is 91.4 cm³/mol. The van der Waals surface area contributed by atoms with Gasteiger partial charge in [0.2, 0.25) is 0 Å². The number of hydrogen-bond acceptors (Lipinski definition) is 3. The average molecular weight is 330 g/mol. The summed E-state index contributed by atoms with van der Waals surface area (Å²) in [5.74, 6) is -0.884. The highest BCUT2D eigenvalue weighted by molar-refractivity contribution is 5.90. The van der Waals surface area contributed by atoms with E-state index in [1.54, 1.807) is 24.7 Å². The lowest BCUT2D eigenvalue weighted by atomic mass is 9.99. The van der Waals surface area contributed by atoms with E-state index in [1.807, 2.05) is 37.3 Å². The van der Waals surface area contributed by atoms with E-state index in [0.717, 1.165) is 11.4 Å². The summed E-state index contributed by atoms with van der Waals surface area (Å²) >= 11 is 0. The topological polar surface area (TPSA) is 96.2 Å². The Morgan fingerprint density at radius 3 is 2.54 bits per heavy atom. The summed E-state index contributed by atoms with van der Waals surface area (Å²) in [6.45, 7) is 5.44. The highest BCUT2D eigenvalue weighted by Gasteiger charge is 2.22. The lowest BCUT2D eigenvalue weighted by molar-refractivity contribution is -0.137. The fourth-order valence-corrected chi connectivity index (χ4v) is 2.30. The fourth-order valence-electron chi connectivity index (χ4n) is 2.30. The Kier molecular flexibility index (Phi) is 5.23. The summed E-state index contributed by atoms with van der Waals surface area (Å²) in [6.07, 6.45) is 1.93. The monoisotopic (exact) mass is 330 g/mol. The molecule has 0 fully saturated rings. The Balaban J connectivity index is 2.02. The van der Waals surface area contributed by atoms with E-state index in [4.69, 9.17) is 5.11 Å². The molecule has 0 saturated heterocycles. The highest BCUT2D eigenvalue weighted by Crippen LogP contribution is 2.18. The number of urea groups is 1. The van der Waals surface area contributed by atoms with Crippen molar-refractivity contribution in [3.05, 3.63) is 42.2 Å². The highest BCUT2D eigenvalue weighted by atomic mass is 16.4. The van der Waals surface area contributed by atoms with Crippen LogP contribution in [0.3, 0.4) is 0 Å². The molecule has 2 aromatic rings. The number of anilines is 1. The molecular formula is C17H22N4O3. The van der Waals surface area contributed by atoms with Crippen molar-refractivity contribution in [1.29, 1.82) is 0 Å². The van der Waals surface area contributed by atoms with E-state index in [0.29, 0.717) is 12.1 Å². The van der Waals surface area contributed by atoms with Crippen LogP contribution >= 0.6 is 0 Å². The number of para-hydroxylation sites is 1. The van der Waals surface area contributed by atoms with Gasteiger partial charge in [-0.25, -0.2) is 9.48 Å². The van der Waals surface area contributed by atoms with Crippen molar-refractivity contribution < 1.29 is 14.7 Å². The lowest BCUT2D eigenvalue weighted by Crippen LogP contribution is -2.45. The maximum atomic E-state index is 12.2. The quantitative estimate of drug-likeness (QED) is 0.758. The molecular weight excluding hydrogens is 308 g/mol. The first-order chi connectivity index (χ1) is 11.3. The molecule has 0 radical (unpaired) electrons. The van der Waals surface area contributed by atoms with Gasteiger partial charge in [-0.2, -0.15) is 5.10 Å². The fraction of sp³-hybridized carbons (Fsp3) is 0.353. The Hall–Kier alpha value is -2.83. The van der Waals surface area contributed by atoms with Gasteiger partial charge in [0.1, 0.15) is 0 Å². The first-order valence-corrected chi connectivity index (χ1v) is 7.69. The lowest BCUT2D eigenvalue weighted by Gasteiger charge is -2.25. The third kappa shape index (κ3) is 4.58. The van der Waals surface area contributed by atoms with Gasteiger partial charge in [0.05, 0.1) is 23.3 Å². The van der Waals surface area contributed by atoms with Crippen LogP contribution in [0.5, 0.6) is 0 Å². The van der Waals surface area contributed by atoms with Crippen LogP contribution in [0.4, 0.5) is 10.5 Å². The summed E-state index contributed by atoms with van der Waals surface area (Å²) in [5.41, 5.74) is 1.70. The number of aliphatic carboxylic acids is 1. The zero-order valence-electron chi connectivity index (χ0n) is 14.0. The van der Waals surface area contributed by atoms with Crippen molar-refractivity contribution in [3.63, 3.8) is 0 Å². The zero-order valence-corrected chi connectivity index (χ0v) is 14.0. The number of aromatic nitrogens is 2. The molecule has 0 aliphatic heterocycles. The summed E-state index contributed by atoms with van der Waals surface area (Å²) in [7, 11) is 0. The minimum atomic E-state index is -0.884. The minimum absolute atomic E-state index is 0.00174. The van der Waals surface area contributed by atoms with Crippen LogP contribution in [0.2, 0.25) is 0 Å². The molecule has 0 spiro atoms. The van der Waals surface area contributed by atoms with E-state index in [2.05, 4.69) is 15.7 Å². The van der Waals surface area contributed by atoms with Crippen LogP contribution in [0.1, 0.15) is 32.4 Å². The second kappa shape index (κ2) is 7.16. The first-order valence-electron chi connectivity index (χ1n) is 7.69. The molecule has 2 amide bonds. The summed E-state index contributed by atoms with van der Waals surface area (Å²) in [4.78, 5) is 22.8. The van der Waals surface area contributed by atoms with E-state index in [1.165, 1.54) is 0 Å². The minimum Gasteiger partial charge on any atom is -0.481 e. The molecule has 0 aliphatic rings. The largest absolute Gasteiger partial charge is 0.481 e. The number of nitrogens with one attached hydrogen (secondary N) is 2. The van der Waals surface area contributed by atoms with Gasteiger partial charge in [0.25, 0.3) is 0 Å². The molecule has 7 nitrogen and oxygen atoms in total. The van der Waals surface area contributed by atoms with Gasteiger partial charge in [-0.1, -0.05) is 18.2 Å². The molecule has 2 rings (SSSR count). The van der Waals surface area contributed by atoms with Crippen LogP contribution in [0.25, 0.3) is 5.69 Å². The second-order valence-electron chi connectivity index (χ2n) is 6.25. The van der Waals surface area contributed by atoms with E-state index >= 15 is 0 Å². The Morgan fingerprint density at radius 2 is 1.92 bits per heavy atom. The molecule has 0 bridgehead atoms. The van der Waals surface area contributed by atoms with Crippen LogP contribution in [-0.2, 0) is 4.79 Å². The van der Waals surface area contributed by atoms with Crippen LogP contribution in [-0.4, -0.2) is 32.4 Å². The maximum Gasteiger partial charge on any atom is 0.319 e. The number of benzene rings is 1. The van der Waals surface area contributed by atoms with Crippen LogP contribution in [0, 0.1) is 6.92 Å². The summed E-state index contributed by atoms with van der Waals surface area (Å²) < 4.78 is 1.74. The van der Waals surface area contributed by atoms with Gasteiger partial charge in [0.15, 0.2) is 0 Å². The number of nitrogens with zero attached hydrogens (tertiary/aromatic N) is 2. The molecule has 0 aliphatic carbocycles. The third-order valence-corrected chi connectivity index (χ3v) is 3.67. The zero-order chi connectivity index (χ0) is 17.7. The van der Waals surface area contributed by atoms with E-state index in [9.17, 15) is 9.59 Å². The Labute approximate surface area is 140 Å². The van der Waals surface area contributed by atoms with Crippen LogP contribution < -0.4 is 10.6 Å². The SMILES string of the molecule is Cc1c(NC(=O)NC(C)(C)CCC(=O)O)cnn1-c1ccccc1. The number of hydrogen-bond donors (Lipinski definition) is 3. The van der Waals surface area contributed by atoms with E-state index < -0.39 is 11.5 Å². The standard InChI is InChI=1S/C17H22N4O3/c1-12-14(11-18-21(12)13-7-5-4-6-8-13)19-16(24)20-17(2,3)10-9-15(22)23/h4-8,11H,9-10H2,1-3H3,(H,22,23)(H2,19,20,24). The number of carboxylic acids is 1. The molecule has 3 N–H and O–H groups in total. The predicted octanol–water partition coefficient (Wildman–Crippen LogP) is 2.95. The van der Waals surface area contributed by atoms with Gasteiger partial charge < -0.3 is 15.7 Å². The summed E-state index contributed by atoms with van der Waals surface area (Å²) in [6, 6.07) is 9.23. The normalized spacial score (nSPS) is 11.1. The first kappa shape index (κ1) is 17.5. The van der Waals surface area contributed by atoms with Gasteiger partial charge in [-0.05, 0) is 39.3 Å². The second-order valence-corrected chi connectivity index (χ2v) is 6.25. The Bertz CT molecular complexity index is 723. The molecule has 24 heavy (non-hydrogen) atoms. The number of rotatable bonds is 6. The number of carbonyl (C=O) groups is 2. The third-order valence-electron chi connectivity index (χ3n) is 3.67. The molecule has 1 heterocycles. The summed E-state index contributed by atoms with van der Waals surface area (Å²) in [5, 5.41) is 18.6. The molecule has 0 saturated carbocycles. The molecule has 1 aromatic carbocycles. The smallest absolute Gasteiger partial charge is 0.319 e. The number of carboxylic acid groups (broad SMARTS) is 1. The van der Waals surface area contributed by atoms with Gasteiger partial charge in [-0.3, -0.25) is 4.79 Å². The van der Waals surface area contributed by atoms with E-state index in [-0.39, 0.29) is 12.5 Å². The molecule has 1 aromatic heterocycles. The van der Waals surface area contributed by atoms with Gasteiger partial charge in [-0.15, -0.1) is 0 Å². The molecule has 0 atom stereocenters. The number of amides is 2. The number of carbonyl (C=O) groups excluding carboxylic acids is 1. The van der Waals surface area contributed by atoms with Crippen LogP contribution in [0.15, 0.2) is 36.5 Å². The van der Waals surface area contributed by atoms with Crippen molar-refractivity contribution in [2.75, 3.05) is 5.32 Å². The van der Waals surface area contributed by atoms with Crippen molar-refractivity contribution in [3.8, 4) is 5.69 Å². The van der Waals surface area contributed by atoms with Gasteiger partial charge in [0, 0.05) is 12.0 Å².